The number of hydrogen-bond donors (Lipinski definition) is 1. The lowest BCUT2D eigenvalue weighted by atomic mass is 10.2. The van der Waals surface area contributed by atoms with Crippen LogP contribution in [0.2, 0.25) is 0 Å². The summed E-state index contributed by atoms with van der Waals surface area (Å²) in [5, 5.41) is 2.49. The standard InChI is InChI=1S/C19H18FNO6/c1-2-25-19(24)15-5-3-4-6-16(15)21-17(22)11-27-18(23)12-26-14-9-7-13(20)8-10-14/h3-10H,2,11-12H2,1H3,(H,21,22). The molecule has 0 aliphatic rings. The van der Waals surface area contributed by atoms with Crippen LogP contribution in [0.3, 0.4) is 0 Å². The minimum atomic E-state index is -0.770. The molecule has 0 fully saturated rings. The molecular weight excluding hydrogens is 357 g/mol. The van der Waals surface area contributed by atoms with Crippen molar-refractivity contribution in [2.45, 2.75) is 6.92 Å². The third-order valence-electron chi connectivity index (χ3n) is 3.23. The minimum absolute atomic E-state index is 0.193. The van der Waals surface area contributed by atoms with Gasteiger partial charge in [0.2, 0.25) is 0 Å². The number of ether oxygens (including phenoxy) is 3. The molecule has 7 nitrogen and oxygen atoms in total. The fourth-order valence-electron chi connectivity index (χ4n) is 2.03. The van der Waals surface area contributed by atoms with Crippen LogP contribution in [0, 0.1) is 5.82 Å². The monoisotopic (exact) mass is 375 g/mol. The molecule has 27 heavy (non-hydrogen) atoms. The molecular formula is C19H18FNO6. The van der Waals surface area contributed by atoms with Gasteiger partial charge in [0.1, 0.15) is 11.6 Å². The van der Waals surface area contributed by atoms with Crippen LogP contribution in [-0.4, -0.2) is 37.7 Å². The average molecular weight is 375 g/mol. The van der Waals surface area contributed by atoms with Crippen molar-refractivity contribution < 1.29 is 33.0 Å². The van der Waals surface area contributed by atoms with Crippen molar-refractivity contribution in [3.63, 3.8) is 0 Å². The lowest BCUT2D eigenvalue weighted by molar-refractivity contribution is -0.149. The Hall–Kier alpha value is -3.42. The van der Waals surface area contributed by atoms with Gasteiger partial charge in [0.05, 0.1) is 17.9 Å². The number of amides is 1. The largest absolute Gasteiger partial charge is 0.482 e. The predicted octanol–water partition coefficient (Wildman–Crippen LogP) is 2.56. The molecule has 0 saturated heterocycles. The molecule has 2 aromatic carbocycles. The maximum absolute atomic E-state index is 12.8. The highest BCUT2D eigenvalue weighted by molar-refractivity contribution is 6.01. The second-order valence-electron chi connectivity index (χ2n) is 5.22. The minimum Gasteiger partial charge on any atom is -0.482 e. The highest BCUT2D eigenvalue weighted by atomic mass is 19.1. The summed E-state index contributed by atoms with van der Waals surface area (Å²) in [7, 11) is 0. The Morgan fingerprint density at radius 1 is 0.963 bits per heavy atom. The van der Waals surface area contributed by atoms with E-state index in [1.165, 1.54) is 36.4 Å². The van der Waals surface area contributed by atoms with Gasteiger partial charge in [-0.05, 0) is 43.3 Å². The molecule has 2 aromatic rings. The average Bonchev–Trinajstić information content (AvgIpc) is 2.66. The molecule has 0 aromatic heterocycles. The molecule has 0 atom stereocenters. The van der Waals surface area contributed by atoms with E-state index in [1.54, 1.807) is 19.1 Å². The maximum Gasteiger partial charge on any atom is 0.344 e. The van der Waals surface area contributed by atoms with Crippen molar-refractivity contribution in [3.8, 4) is 5.75 Å². The fraction of sp³-hybridized carbons (Fsp3) is 0.211. The van der Waals surface area contributed by atoms with Gasteiger partial charge in [0.25, 0.3) is 5.91 Å². The summed E-state index contributed by atoms with van der Waals surface area (Å²) >= 11 is 0. The van der Waals surface area contributed by atoms with Crippen molar-refractivity contribution in [1.82, 2.24) is 0 Å². The van der Waals surface area contributed by atoms with Gasteiger partial charge >= 0.3 is 11.9 Å². The van der Waals surface area contributed by atoms with Crippen molar-refractivity contribution >= 4 is 23.5 Å². The second kappa shape index (κ2) is 9.91. The van der Waals surface area contributed by atoms with Gasteiger partial charge in [-0.15, -0.1) is 0 Å². The smallest absolute Gasteiger partial charge is 0.344 e. The molecule has 1 N–H and O–H groups in total. The number of esters is 2. The molecule has 0 aliphatic carbocycles. The normalized spacial score (nSPS) is 10.0. The quantitative estimate of drug-likeness (QED) is 0.713. The number of anilines is 1. The number of carbonyl (C=O) groups is 3. The predicted molar refractivity (Wildman–Crippen MR) is 93.9 cm³/mol. The summed E-state index contributed by atoms with van der Waals surface area (Å²) in [6.45, 7) is 0.889. The van der Waals surface area contributed by atoms with Crippen LogP contribution in [0.25, 0.3) is 0 Å². The molecule has 0 radical (unpaired) electrons. The van der Waals surface area contributed by atoms with Crippen molar-refractivity contribution in [1.29, 1.82) is 0 Å². The second-order valence-corrected chi connectivity index (χ2v) is 5.22. The van der Waals surface area contributed by atoms with Crippen LogP contribution in [0.4, 0.5) is 10.1 Å². The lowest BCUT2D eigenvalue weighted by Crippen LogP contribution is -2.24. The number of nitrogens with one attached hydrogen (secondary N) is 1. The Kier molecular flexibility index (Phi) is 7.30. The first kappa shape index (κ1) is 19.9. The van der Waals surface area contributed by atoms with Gasteiger partial charge in [0.15, 0.2) is 13.2 Å². The van der Waals surface area contributed by atoms with E-state index in [1.807, 2.05) is 0 Å². The Morgan fingerprint density at radius 2 is 1.67 bits per heavy atom. The zero-order valence-corrected chi connectivity index (χ0v) is 14.6. The highest BCUT2D eigenvalue weighted by Gasteiger charge is 2.15. The van der Waals surface area contributed by atoms with E-state index in [0.29, 0.717) is 5.75 Å². The topological polar surface area (TPSA) is 90.9 Å². The van der Waals surface area contributed by atoms with Crippen molar-refractivity contribution in [2.75, 3.05) is 25.1 Å². The number of benzene rings is 2. The van der Waals surface area contributed by atoms with Crippen LogP contribution in [0.5, 0.6) is 5.75 Å². The van der Waals surface area contributed by atoms with Crippen LogP contribution in [-0.2, 0) is 19.1 Å². The molecule has 0 aliphatic heterocycles. The summed E-state index contributed by atoms with van der Waals surface area (Å²) in [5.41, 5.74) is 0.443. The molecule has 8 heteroatoms. The number of hydrogen-bond acceptors (Lipinski definition) is 6. The lowest BCUT2D eigenvalue weighted by Gasteiger charge is -2.11. The first-order valence-electron chi connectivity index (χ1n) is 8.09. The first-order valence-corrected chi connectivity index (χ1v) is 8.09. The van der Waals surface area contributed by atoms with Crippen molar-refractivity contribution in [2.24, 2.45) is 0 Å². The van der Waals surface area contributed by atoms with E-state index >= 15 is 0 Å². The summed E-state index contributed by atoms with van der Waals surface area (Å²) < 4.78 is 27.6. The van der Waals surface area contributed by atoms with E-state index < -0.39 is 36.9 Å². The maximum atomic E-state index is 12.8. The Labute approximate surface area is 155 Å². The fourth-order valence-corrected chi connectivity index (χ4v) is 2.03. The molecule has 0 saturated carbocycles. The van der Waals surface area contributed by atoms with Gasteiger partial charge < -0.3 is 19.5 Å². The Bertz CT molecular complexity index is 806. The van der Waals surface area contributed by atoms with Gasteiger partial charge in [-0.1, -0.05) is 12.1 Å². The zero-order chi connectivity index (χ0) is 19.6. The third kappa shape index (κ3) is 6.43. The SMILES string of the molecule is CCOC(=O)c1ccccc1NC(=O)COC(=O)COc1ccc(F)cc1. The van der Waals surface area contributed by atoms with E-state index in [4.69, 9.17) is 14.2 Å². The van der Waals surface area contributed by atoms with Gasteiger partial charge in [0, 0.05) is 0 Å². The van der Waals surface area contributed by atoms with Gasteiger partial charge in [-0.2, -0.15) is 0 Å². The van der Waals surface area contributed by atoms with Gasteiger partial charge in [-0.25, -0.2) is 14.0 Å². The van der Waals surface area contributed by atoms with Gasteiger partial charge in [-0.3, -0.25) is 4.79 Å². The first-order chi connectivity index (χ1) is 13.0. The van der Waals surface area contributed by atoms with Crippen LogP contribution >= 0.6 is 0 Å². The van der Waals surface area contributed by atoms with E-state index in [2.05, 4.69) is 5.32 Å². The third-order valence-corrected chi connectivity index (χ3v) is 3.23. The molecule has 1 amide bonds. The van der Waals surface area contributed by atoms with Crippen LogP contribution in [0.1, 0.15) is 17.3 Å². The Morgan fingerprint density at radius 3 is 2.37 bits per heavy atom. The summed E-state index contributed by atoms with van der Waals surface area (Å²) in [5.74, 6) is -2.10. The number of halogens is 1. The molecule has 142 valence electrons. The molecule has 0 unspecified atom stereocenters. The van der Waals surface area contributed by atoms with E-state index in [0.717, 1.165) is 0 Å². The molecule has 0 bridgehead atoms. The summed E-state index contributed by atoms with van der Waals surface area (Å²) in [6.07, 6.45) is 0. The zero-order valence-electron chi connectivity index (χ0n) is 14.6. The van der Waals surface area contributed by atoms with Crippen LogP contribution < -0.4 is 10.1 Å². The van der Waals surface area contributed by atoms with Crippen LogP contribution in [0.15, 0.2) is 48.5 Å². The Balaban J connectivity index is 1.81. The number of carbonyl (C=O) groups excluding carboxylic acids is 3. The number of para-hydroxylation sites is 1. The van der Waals surface area contributed by atoms with E-state index in [9.17, 15) is 18.8 Å². The summed E-state index contributed by atoms with van der Waals surface area (Å²) in [6, 6.07) is 11.4. The summed E-state index contributed by atoms with van der Waals surface area (Å²) in [4.78, 5) is 35.4. The molecule has 2 rings (SSSR count). The highest BCUT2D eigenvalue weighted by Crippen LogP contribution is 2.16. The number of rotatable bonds is 8. The molecule has 0 heterocycles. The van der Waals surface area contributed by atoms with Crippen molar-refractivity contribution in [3.05, 3.63) is 59.9 Å². The molecule has 0 spiro atoms. The van der Waals surface area contributed by atoms with E-state index in [-0.39, 0.29) is 17.9 Å².